The molecule has 0 aliphatic rings. The van der Waals surface area contributed by atoms with Gasteiger partial charge in [0.05, 0.1) is 0 Å². The van der Waals surface area contributed by atoms with Crippen LogP contribution in [0.3, 0.4) is 0 Å². The summed E-state index contributed by atoms with van der Waals surface area (Å²) in [4.78, 5) is 15.3. The molecule has 0 saturated heterocycles. The molecule has 2 heterocycles. The lowest BCUT2D eigenvalue weighted by Gasteiger charge is -2.19. The van der Waals surface area contributed by atoms with Crippen LogP contribution in [0, 0.1) is 0 Å². The second-order valence-electron chi connectivity index (χ2n) is 4.63. The number of nitrogens with one attached hydrogen (secondary N) is 1. The number of hydrogen-bond donors (Lipinski definition) is 1. The molecule has 2 rings (SSSR count). The fraction of sp³-hybridized carbons (Fsp3) is 0.400. The molecule has 5 nitrogen and oxygen atoms in total. The first-order chi connectivity index (χ1) is 9.72. The predicted octanol–water partition coefficient (Wildman–Crippen LogP) is 2.50. The van der Waals surface area contributed by atoms with E-state index in [9.17, 15) is 0 Å². The lowest BCUT2D eigenvalue weighted by molar-refractivity contribution is 0.855. The maximum atomic E-state index is 4.58. The zero-order valence-electron chi connectivity index (χ0n) is 12.3. The van der Waals surface area contributed by atoms with E-state index in [1.54, 1.807) is 6.20 Å². The van der Waals surface area contributed by atoms with E-state index in [0.29, 0.717) is 0 Å². The molecule has 0 aromatic carbocycles. The summed E-state index contributed by atoms with van der Waals surface area (Å²) in [7, 11) is 2.03. The Bertz CT molecular complexity index is 541. The average Bonchev–Trinajstić information content (AvgIpc) is 2.48. The zero-order valence-corrected chi connectivity index (χ0v) is 12.3. The molecule has 0 spiro atoms. The van der Waals surface area contributed by atoms with E-state index in [1.165, 1.54) is 0 Å². The van der Waals surface area contributed by atoms with Crippen molar-refractivity contribution in [3.63, 3.8) is 0 Å². The molecule has 0 amide bonds. The van der Waals surface area contributed by atoms with Gasteiger partial charge in [-0.3, -0.25) is 4.98 Å². The fourth-order valence-electron chi connectivity index (χ4n) is 1.95. The van der Waals surface area contributed by atoms with Gasteiger partial charge in [0.15, 0.2) is 0 Å². The first-order valence-corrected chi connectivity index (χ1v) is 6.94. The van der Waals surface area contributed by atoms with E-state index in [0.717, 1.165) is 42.5 Å². The van der Waals surface area contributed by atoms with Crippen LogP contribution in [0.4, 0.5) is 11.6 Å². The molecular formula is C15H21N5. The van der Waals surface area contributed by atoms with Crippen LogP contribution in [0.2, 0.25) is 0 Å². The highest BCUT2D eigenvalue weighted by Gasteiger charge is 2.08. The van der Waals surface area contributed by atoms with Gasteiger partial charge in [-0.1, -0.05) is 13.0 Å². The molecule has 5 heteroatoms. The molecule has 2 aromatic heterocycles. The number of rotatable bonds is 6. The predicted molar refractivity (Wildman–Crippen MR) is 81.9 cm³/mol. The van der Waals surface area contributed by atoms with Crippen molar-refractivity contribution < 1.29 is 0 Å². The van der Waals surface area contributed by atoms with Gasteiger partial charge in [0.25, 0.3) is 0 Å². The molecule has 2 aromatic rings. The number of nitrogens with zero attached hydrogens (tertiary/aromatic N) is 4. The normalized spacial score (nSPS) is 10.3. The Morgan fingerprint density at radius 2 is 2.10 bits per heavy atom. The summed E-state index contributed by atoms with van der Waals surface area (Å²) >= 11 is 0. The Hall–Kier alpha value is -2.17. The maximum Gasteiger partial charge on any atom is 0.134 e. The molecule has 0 atom stereocenters. The Morgan fingerprint density at radius 1 is 1.25 bits per heavy atom. The van der Waals surface area contributed by atoms with Crippen LogP contribution in [0.25, 0.3) is 0 Å². The van der Waals surface area contributed by atoms with Crippen LogP contribution in [-0.4, -0.2) is 28.5 Å². The Kier molecular flexibility index (Phi) is 4.87. The van der Waals surface area contributed by atoms with Crippen molar-refractivity contribution in [1.29, 1.82) is 0 Å². The standard InChI is InChI=1S/C15H21N5/c1-4-13-18-14(17-5-2)9-15(19-13)20(3)11-12-7-6-8-16-10-12/h6-10H,4-5,11H2,1-3H3,(H,17,18,19). The monoisotopic (exact) mass is 271 g/mol. The van der Waals surface area contributed by atoms with E-state index in [4.69, 9.17) is 0 Å². The largest absolute Gasteiger partial charge is 0.370 e. The molecule has 0 fully saturated rings. The molecule has 0 aliphatic heterocycles. The van der Waals surface area contributed by atoms with Gasteiger partial charge < -0.3 is 10.2 Å². The van der Waals surface area contributed by atoms with E-state index in [1.807, 2.05) is 25.4 Å². The minimum atomic E-state index is 0.777. The molecule has 0 aliphatic carbocycles. The molecule has 0 bridgehead atoms. The Morgan fingerprint density at radius 3 is 2.75 bits per heavy atom. The third-order valence-electron chi connectivity index (χ3n) is 2.97. The van der Waals surface area contributed by atoms with Gasteiger partial charge in [-0.05, 0) is 18.6 Å². The minimum Gasteiger partial charge on any atom is -0.370 e. The van der Waals surface area contributed by atoms with Crippen LogP contribution < -0.4 is 10.2 Å². The van der Waals surface area contributed by atoms with E-state index in [-0.39, 0.29) is 0 Å². The summed E-state index contributed by atoms with van der Waals surface area (Å²) < 4.78 is 0. The Balaban J connectivity index is 2.19. The van der Waals surface area contributed by atoms with Gasteiger partial charge in [-0.15, -0.1) is 0 Å². The topological polar surface area (TPSA) is 53.9 Å². The number of aromatic nitrogens is 3. The summed E-state index contributed by atoms with van der Waals surface area (Å²) in [5, 5.41) is 3.25. The van der Waals surface area contributed by atoms with Gasteiger partial charge >= 0.3 is 0 Å². The van der Waals surface area contributed by atoms with Gasteiger partial charge in [0, 0.05) is 45.0 Å². The van der Waals surface area contributed by atoms with Crippen LogP contribution >= 0.6 is 0 Å². The number of aryl methyl sites for hydroxylation is 1. The highest BCUT2D eigenvalue weighted by molar-refractivity contribution is 5.49. The van der Waals surface area contributed by atoms with Crippen molar-refractivity contribution >= 4 is 11.6 Å². The first kappa shape index (κ1) is 14.2. The quantitative estimate of drug-likeness (QED) is 0.875. The lowest BCUT2D eigenvalue weighted by Crippen LogP contribution is -2.19. The molecule has 20 heavy (non-hydrogen) atoms. The van der Waals surface area contributed by atoms with Crippen molar-refractivity contribution in [1.82, 2.24) is 15.0 Å². The van der Waals surface area contributed by atoms with E-state index >= 15 is 0 Å². The SMILES string of the molecule is CCNc1cc(N(C)Cc2cccnc2)nc(CC)n1. The third-order valence-corrected chi connectivity index (χ3v) is 2.97. The molecule has 0 radical (unpaired) electrons. The van der Waals surface area contributed by atoms with Gasteiger partial charge in [0.2, 0.25) is 0 Å². The van der Waals surface area contributed by atoms with Crippen LogP contribution in [0.1, 0.15) is 25.2 Å². The fourth-order valence-corrected chi connectivity index (χ4v) is 1.95. The van der Waals surface area contributed by atoms with Crippen molar-refractivity contribution in [2.45, 2.75) is 26.8 Å². The number of pyridine rings is 1. The van der Waals surface area contributed by atoms with Crippen molar-refractivity contribution in [2.24, 2.45) is 0 Å². The summed E-state index contributed by atoms with van der Waals surface area (Å²) in [5.41, 5.74) is 1.16. The molecule has 0 saturated carbocycles. The number of anilines is 2. The average molecular weight is 271 g/mol. The summed E-state index contributed by atoms with van der Waals surface area (Å²) in [6.45, 7) is 5.76. The van der Waals surface area contributed by atoms with Crippen LogP contribution in [0.15, 0.2) is 30.6 Å². The minimum absolute atomic E-state index is 0.777. The number of hydrogen-bond acceptors (Lipinski definition) is 5. The van der Waals surface area contributed by atoms with Crippen molar-refractivity contribution in [2.75, 3.05) is 23.8 Å². The van der Waals surface area contributed by atoms with Crippen molar-refractivity contribution in [3.05, 3.63) is 42.0 Å². The second kappa shape index (κ2) is 6.84. The summed E-state index contributed by atoms with van der Waals surface area (Å²) in [6.07, 6.45) is 4.49. The Labute approximate surface area is 120 Å². The summed E-state index contributed by atoms with van der Waals surface area (Å²) in [6, 6.07) is 6.00. The highest BCUT2D eigenvalue weighted by Crippen LogP contribution is 2.17. The first-order valence-electron chi connectivity index (χ1n) is 6.94. The van der Waals surface area contributed by atoms with Crippen molar-refractivity contribution in [3.8, 4) is 0 Å². The molecular weight excluding hydrogens is 250 g/mol. The van der Waals surface area contributed by atoms with E-state index in [2.05, 4.69) is 45.1 Å². The van der Waals surface area contributed by atoms with Gasteiger partial charge in [-0.25, -0.2) is 9.97 Å². The van der Waals surface area contributed by atoms with Gasteiger partial charge in [0.1, 0.15) is 17.5 Å². The van der Waals surface area contributed by atoms with Crippen LogP contribution in [0.5, 0.6) is 0 Å². The second-order valence-corrected chi connectivity index (χ2v) is 4.63. The summed E-state index contributed by atoms with van der Waals surface area (Å²) in [5.74, 6) is 2.67. The molecule has 1 N–H and O–H groups in total. The van der Waals surface area contributed by atoms with Gasteiger partial charge in [-0.2, -0.15) is 0 Å². The van der Waals surface area contributed by atoms with Crippen LogP contribution in [-0.2, 0) is 13.0 Å². The molecule has 0 unspecified atom stereocenters. The zero-order chi connectivity index (χ0) is 14.4. The highest BCUT2D eigenvalue weighted by atomic mass is 15.2. The maximum absolute atomic E-state index is 4.58. The van der Waals surface area contributed by atoms with E-state index < -0.39 is 0 Å². The molecule has 106 valence electrons. The third kappa shape index (κ3) is 3.66. The smallest absolute Gasteiger partial charge is 0.134 e. The lowest BCUT2D eigenvalue weighted by atomic mass is 10.2.